The van der Waals surface area contributed by atoms with Gasteiger partial charge in [0.2, 0.25) is 0 Å². The Morgan fingerprint density at radius 2 is 2.04 bits per heavy atom. The van der Waals surface area contributed by atoms with Gasteiger partial charge in [-0.05, 0) is 26.7 Å². The highest BCUT2D eigenvalue weighted by Crippen LogP contribution is 2.36. The maximum atomic E-state index is 12.1. The Morgan fingerprint density at radius 1 is 1.39 bits per heavy atom. The van der Waals surface area contributed by atoms with E-state index in [0.717, 1.165) is 4.68 Å². The van der Waals surface area contributed by atoms with Gasteiger partial charge in [-0.15, -0.1) is 0 Å². The van der Waals surface area contributed by atoms with E-state index < -0.39 is 11.4 Å². The molecule has 0 N–H and O–H groups in total. The molecule has 1 fully saturated rings. The zero-order valence-corrected chi connectivity index (χ0v) is 14.5. The first-order chi connectivity index (χ1) is 10.7. The molecular weight excluding hydrogens is 298 g/mol. The molecule has 2 unspecified atom stereocenters. The van der Waals surface area contributed by atoms with Gasteiger partial charge in [-0.25, -0.2) is 9.48 Å². The van der Waals surface area contributed by atoms with E-state index in [4.69, 9.17) is 4.74 Å². The van der Waals surface area contributed by atoms with Gasteiger partial charge in [0.1, 0.15) is 24.3 Å². The molecule has 7 heteroatoms. The molecule has 0 saturated heterocycles. The fraction of sp³-hybridized carbons (Fsp3) is 0.750. The van der Waals surface area contributed by atoms with E-state index in [1.807, 2.05) is 27.7 Å². The predicted octanol–water partition coefficient (Wildman–Crippen LogP) is 1.31. The van der Waals surface area contributed by atoms with Gasteiger partial charge < -0.3 is 4.74 Å². The Labute approximate surface area is 135 Å². The average Bonchev–Trinajstić information content (AvgIpc) is 2.69. The highest BCUT2D eigenvalue weighted by atomic mass is 16.5. The third kappa shape index (κ3) is 3.54. The Bertz CT molecular complexity index is 671. The van der Waals surface area contributed by atoms with Crippen molar-refractivity contribution in [2.75, 3.05) is 0 Å². The molecule has 2 rings (SSSR count). The number of hydrogen-bond acceptors (Lipinski definition) is 5. The largest absolute Gasteiger partial charge is 0.461 e. The van der Waals surface area contributed by atoms with Gasteiger partial charge in [0.05, 0.1) is 0 Å². The van der Waals surface area contributed by atoms with Crippen molar-refractivity contribution in [3.63, 3.8) is 0 Å². The van der Waals surface area contributed by atoms with Crippen molar-refractivity contribution >= 4 is 11.8 Å². The fourth-order valence-corrected chi connectivity index (χ4v) is 3.37. The SMILES string of the molecule is CCn1c(C)nn(CC(=O)OC2CC(C)C(=O)C(C)(C)C2)c1=O. The molecule has 1 aromatic heterocycles. The second-order valence-electron chi connectivity index (χ2n) is 6.93. The summed E-state index contributed by atoms with van der Waals surface area (Å²) in [5.41, 5.74) is -0.797. The van der Waals surface area contributed by atoms with Gasteiger partial charge in [-0.2, -0.15) is 5.10 Å². The lowest BCUT2D eigenvalue weighted by atomic mass is 9.70. The van der Waals surface area contributed by atoms with Gasteiger partial charge in [-0.3, -0.25) is 14.2 Å². The standard InChI is InChI=1S/C16H25N3O4/c1-6-18-11(3)17-19(15(18)22)9-13(20)23-12-7-10(2)14(21)16(4,5)8-12/h10,12H,6-9H2,1-5H3. The normalized spacial score (nSPS) is 23.8. The molecule has 0 aliphatic heterocycles. The summed E-state index contributed by atoms with van der Waals surface area (Å²) in [7, 11) is 0. The molecule has 23 heavy (non-hydrogen) atoms. The van der Waals surface area contributed by atoms with Crippen LogP contribution in [-0.2, 0) is 27.4 Å². The van der Waals surface area contributed by atoms with E-state index in [1.54, 1.807) is 6.92 Å². The summed E-state index contributed by atoms with van der Waals surface area (Å²) in [6.07, 6.45) is 0.750. The number of nitrogens with zero attached hydrogens (tertiary/aromatic N) is 3. The van der Waals surface area contributed by atoms with Crippen molar-refractivity contribution < 1.29 is 14.3 Å². The molecule has 1 aromatic rings. The highest BCUT2D eigenvalue weighted by Gasteiger charge is 2.41. The minimum absolute atomic E-state index is 0.124. The van der Waals surface area contributed by atoms with E-state index in [2.05, 4.69) is 5.10 Å². The van der Waals surface area contributed by atoms with Crippen LogP contribution in [0.15, 0.2) is 4.79 Å². The van der Waals surface area contributed by atoms with Crippen LogP contribution in [0.25, 0.3) is 0 Å². The molecule has 1 aliphatic carbocycles. The van der Waals surface area contributed by atoms with Crippen LogP contribution in [0.1, 0.15) is 46.4 Å². The predicted molar refractivity (Wildman–Crippen MR) is 84.0 cm³/mol. The van der Waals surface area contributed by atoms with Crippen LogP contribution in [0.2, 0.25) is 0 Å². The van der Waals surface area contributed by atoms with Crippen LogP contribution in [0, 0.1) is 18.3 Å². The number of carbonyl (C=O) groups excluding carboxylic acids is 2. The van der Waals surface area contributed by atoms with Crippen molar-refractivity contribution in [3.8, 4) is 0 Å². The van der Waals surface area contributed by atoms with Crippen LogP contribution in [0.3, 0.4) is 0 Å². The molecule has 0 radical (unpaired) electrons. The molecule has 7 nitrogen and oxygen atoms in total. The average molecular weight is 323 g/mol. The van der Waals surface area contributed by atoms with E-state index in [0.29, 0.717) is 25.2 Å². The van der Waals surface area contributed by atoms with E-state index in [9.17, 15) is 14.4 Å². The summed E-state index contributed by atoms with van der Waals surface area (Å²) in [5.74, 6) is 0.165. The lowest BCUT2D eigenvalue weighted by Crippen LogP contribution is -2.42. The summed E-state index contributed by atoms with van der Waals surface area (Å²) in [6, 6.07) is 0. The summed E-state index contributed by atoms with van der Waals surface area (Å²) < 4.78 is 8.11. The number of rotatable bonds is 4. The van der Waals surface area contributed by atoms with E-state index >= 15 is 0 Å². The van der Waals surface area contributed by atoms with Crippen molar-refractivity contribution in [1.29, 1.82) is 0 Å². The minimum Gasteiger partial charge on any atom is -0.461 e. The lowest BCUT2D eigenvalue weighted by molar-refractivity contribution is -0.158. The molecule has 128 valence electrons. The van der Waals surface area contributed by atoms with Crippen LogP contribution >= 0.6 is 0 Å². The first kappa shape index (κ1) is 17.4. The Kier molecular flexibility index (Phi) is 4.77. The number of aryl methyl sites for hydroxylation is 1. The van der Waals surface area contributed by atoms with E-state index in [-0.39, 0.29) is 30.0 Å². The van der Waals surface area contributed by atoms with Crippen molar-refractivity contribution in [1.82, 2.24) is 14.3 Å². The molecule has 2 atom stereocenters. The number of Topliss-reactive ketones (excluding diaryl/α,β-unsaturated/α-hetero) is 1. The monoisotopic (exact) mass is 323 g/mol. The number of hydrogen-bond donors (Lipinski definition) is 0. The third-order valence-electron chi connectivity index (χ3n) is 4.47. The first-order valence-corrected chi connectivity index (χ1v) is 8.03. The van der Waals surface area contributed by atoms with Gasteiger partial charge in [0, 0.05) is 17.9 Å². The molecule has 1 aliphatic rings. The zero-order valence-electron chi connectivity index (χ0n) is 14.5. The van der Waals surface area contributed by atoms with Crippen LogP contribution in [0.5, 0.6) is 0 Å². The molecule has 0 bridgehead atoms. The molecule has 1 saturated carbocycles. The summed E-state index contributed by atoms with van der Waals surface area (Å²) in [4.78, 5) is 36.3. The summed E-state index contributed by atoms with van der Waals surface area (Å²) in [5, 5.41) is 4.08. The van der Waals surface area contributed by atoms with Crippen LogP contribution in [-0.4, -0.2) is 32.2 Å². The molecular formula is C16H25N3O4. The number of ether oxygens (including phenoxy) is 1. The molecule has 0 aromatic carbocycles. The number of carbonyl (C=O) groups is 2. The highest BCUT2D eigenvalue weighted by molar-refractivity contribution is 5.87. The Morgan fingerprint density at radius 3 is 2.57 bits per heavy atom. The molecule has 0 amide bonds. The summed E-state index contributed by atoms with van der Waals surface area (Å²) >= 11 is 0. The Balaban J connectivity index is 2.03. The van der Waals surface area contributed by atoms with Crippen molar-refractivity contribution in [2.24, 2.45) is 11.3 Å². The quantitative estimate of drug-likeness (QED) is 0.780. The van der Waals surface area contributed by atoms with Gasteiger partial charge in [0.25, 0.3) is 0 Å². The van der Waals surface area contributed by atoms with Crippen molar-refractivity contribution in [3.05, 3.63) is 16.3 Å². The van der Waals surface area contributed by atoms with Gasteiger partial charge in [0.15, 0.2) is 0 Å². The van der Waals surface area contributed by atoms with Crippen molar-refractivity contribution in [2.45, 2.75) is 66.7 Å². The number of ketones is 1. The van der Waals surface area contributed by atoms with Crippen LogP contribution in [0.4, 0.5) is 0 Å². The second-order valence-corrected chi connectivity index (χ2v) is 6.93. The van der Waals surface area contributed by atoms with E-state index in [1.165, 1.54) is 4.57 Å². The lowest BCUT2D eigenvalue weighted by Gasteiger charge is -2.36. The topological polar surface area (TPSA) is 83.2 Å². The van der Waals surface area contributed by atoms with Gasteiger partial charge >= 0.3 is 11.7 Å². The van der Waals surface area contributed by atoms with Gasteiger partial charge in [-0.1, -0.05) is 20.8 Å². The fourth-order valence-electron chi connectivity index (χ4n) is 3.37. The number of esters is 1. The summed E-state index contributed by atoms with van der Waals surface area (Å²) in [6.45, 7) is 9.50. The maximum absolute atomic E-state index is 12.1. The molecule has 0 spiro atoms. The van der Waals surface area contributed by atoms with Crippen LogP contribution < -0.4 is 5.69 Å². The zero-order chi connectivity index (χ0) is 17.4. The Hall–Kier alpha value is -1.92. The first-order valence-electron chi connectivity index (χ1n) is 8.03. The number of aromatic nitrogens is 3. The maximum Gasteiger partial charge on any atom is 0.346 e. The molecule has 1 heterocycles. The minimum atomic E-state index is -0.491. The second kappa shape index (κ2) is 6.29. The third-order valence-corrected chi connectivity index (χ3v) is 4.47. The smallest absolute Gasteiger partial charge is 0.346 e.